The molecule has 8 rings (SSSR count). The minimum atomic E-state index is -4.84. The quantitative estimate of drug-likeness (QED) is 0.141. The molecule has 0 aliphatic carbocycles. The second-order valence-electron chi connectivity index (χ2n) is 14.3. The molecule has 5 aliphatic rings. The van der Waals surface area contributed by atoms with Crippen molar-refractivity contribution in [1.29, 1.82) is 0 Å². The van der Waals surface area contributed by atoms with Crippen LogP contribution in [0.5, 0.6) is 11.5 Å². The van der Waals surface area contributed by atoms with E-state index < -0.39 is 25.0 Å². The molecule has 0 unspecified atom stereocenters. The number of anilines is 1. The number of aryl methyl sites for hydroxylation is 2. The Bertz CT molecular complexity index is 2210. The van der Waals surface area contributed by atoms with Crippen LogP contribution in [0.15, 0.2) is 40.1 Å². The molecule has 5 heterocycles. The lowest BCUT2D eigenvalue weighted by atomic mass is 9.82. The fraction of sp³-hybridized carbons (Fsp3) is 0.500. The third-order valence-electron chi connectivity index (χ3n) is 11.1. The molecular formula is C38H46N3O6S2+. The van der Waals surface area contributed by atoms with Crippen LogP contribution >= 0.6 is 0 Å². The molecule has 5 aliphatic heterocycles. The summed E-state index contributed by atoms with van der Waals surface area (Å²) < 4.78 is 76.3. The Morgan fingerprint density at radius 2 is 1.55 bits per heavy atom. The number of ether oxygens (including phenoxy) is 1. The minimum Gasteiger partial charge on any atom is -0.455 e. The number of nitrogens with one attached hydrogen (secondary N) is 1. The van der Waals surface area contributed by atoms with Crippen molar-refractivity contribution in [3.63, 3.8) is 0 Å². The van der Waals surface area contributed by atoms with E-state index in [1.54, 1.807) is 6.07 Å². The number of fused-ring (bicyclic) bond motifs is 4. The minimum absolute atomic E-state index is 0.183. The van der Waals surface area contributed by atoms with Gasteiger partial charge < -0.3 is 9.64 Å². The molecule has 0 saturated heterocycles. The summed E-state index contributed by atoms with van der Waals surface area (Å²) in [6, 6.07) is 8.50. The predicted molar refractivity (Wildman–Crippen MR) is 190 cm³/mol. The third kappa shape index (κ3) is 5.80. The van der Waals surface area contributed by atoms with Crippen molar-refractivity contribution in [1.82, 2.24) is 9.30 Å². The number of hydrogen-bond acceptors (Lipinski definition) is 6. The molecule has 9 nitrogen and oxygen atoms in total. The van der Waals surface area contributed by atoms with Crippen LogP contribution in [0.4, 0.5) is 5.69 Å². The molecular weight excluding hydrogens is 659 g/mol. The Hall–Kier alpha value is -3.25. The van der Waals surface area contributed by atoms with Crippen molar-refractivity contribution in [3.8, 4) is 11.5 Å². The highest BCUT2D eigenvalue weighted by Gasteiger charge is 2.37. The average molecular weight is 705 g/mol. The topological polar surface area (TPSA) is 116 Å². The van der Waals surface area contributed by atoms with Gasteiger partial charge in [0, 0.05) is 71.2 Å². The smallest absolute Gasteiger partial charge is 0.295 e. The van der Waals surface area contributed by atoms with E-state index in [9.17, 15) is 21.4 Å². The van der Waals surface area contributed by atoms with Gasteiger partial charge in [-0.25, -0.2) is 17.7 Å². The largest absolute Gasteiger partial charge is 0.455 e. The van der Waals surface area contributed by atoms with Crippen molar-refractivity contribution >= 4 is 31.4 Å². The van der Waals surface area contributed by atoms with Gasteiger partial charge in [-0.1, -0.05) is 38.7 Å². The van der Waals surface area contributed by atoms with Crippen molar-refractivity contribution in [2.45, 2.75) is 100 Å². The zero-order valence-corrected chi connectivity index (χ0v) is 29.9. The molecule has 0 spiro atoms. The molecule has 0 atom stereocenters. The Kier molecular flexibility index (Phi) is 8.61. The molecule has 0 radical (unpaired) electrons. The van der Waals surface area contributed by atoms with Crippen molar-refractivity contribution in [2.75, 3.05) is 37.6 Å². The highest BCUT2D eigenvalue weighted by Crippen LogP contribution is 2.49. The van der Waals surface area contributed by atoms with Gasteiger partial charge in [-0.3, -0.25) is 4.55 Å². The van der Waals surface area contributed by atoms with Crippen LogP contribution in [0.2, 0.25) is 0 Å². The van der Waals surface area contributed by atoms with E-state index in [0.29, 0.717) is 12.0 Å². The second-order valence-corrected chi connectivity index (χ2v) is 17.4. The van der Waals surface area contributed by atoms with Gasteiger partial charge in [0.1, 0.15) is 29.5 Å². The standard InChI is InChI=1S/C38H45N3O6S2/c1-2-3-4-5-6-17-39-48(42,43)27-15-16-28(33(24-27)49(44,45)46)34-31-22-25-11-7-18-40-20-9-13-29(35(25)40)37(31)47-38-30-14-10-21-41-19-8-12-26(36(30)41)23-32(34)38/h15-16,22-24,39H,2-14,17-21H2,1H3/p+1. The summed E-state index contributed by atoms with van der Waals surface area (Å²) >= 11 is 0. The number of rotatable bonds is 10. The molecule has 2 N–H and O–H groups in total. The number of benzene rings is 3. The highest BCUT2D eigenvalue weighted by atomic mass is 32.2. The van der Waals surface area contributed by atoms with Gasteiger partial charge in [0.05, 0.1) is 10.5 Å². The summed E-state index contributed by atoms with van der Waals surface area (Å²) in [5, 5.41) is 2.07. The molecule has 49 heavy (non-hydrogen) atoms. The fourth-order valence-electron chi connectivity index (χ4n) is 8.91. The molecule has 11 heteroatoms. The normalized spacial score (nSPS) is 18.0. The van der Waals surface area contributed by atoms with E-state index in [1.165, 1.54) is 28.2 Å². The van der Waals surface area contributed by atoms with Gasteiger partial charge in [0.2, 0.25) is 15.4 Å². The first-order valence-corrected chi connectivity index (χ1v) is 21.1. The van der Waals surface area contributed by atoms with Gasteiger partial charge in [0.15, 0.2) is 0 Å². The van der Waals surface area contributed by atoms with E-state index in [2.05, 4.69) is 33.3 Å². The molecule has 0 aromatic heterocycles. The molecule has 0 bridgehead atoms. The number of hydrogen-bond donors (Lipinski definition) is 2. The summed E-state index contributed by atoms with van der Waals surface area (Å²) in [6.07, 6.45) is 12.5. The van der Waals surface area contributed by atoms with Crippen LogP contribution in [0, 0.1) is 0 Å². The maximum Gasteiger partial charge on any atom is 0.295 e. The second kappa shape index (κ2) is 12.8. The SMILES string of the molecule is CCCCCCCNS(=O)(=O)c1ccc(C2=c3cc4c5c(c3Oc3c2cc2c6c3CCCN6CCC2)CCC[N+]=5CCC4)c(S(=O)(=O)O)c1. The number of sulfonamides is 1. The number of unbranched alkanes of at least 4 members (excludes halogenated alkanes) is 4. The Balaban J connectivity index is 1.36. The maximum absolute atomic E-state index is 13.4. The van der Waals surface area contributed by atoms with E-state index in [1.807, 2.05) is 0 Å². The van der Waals surface area contributed by atoms with E-state index in [0.717, 1.165) is 143 Å². The van der Waals surface area contributed by atoms with Crippen LogP contribution < -0.4 is 29.5 Å². The van der Waals surface area contributed by atoms with Crippen LogP contribution in [0.1, 0.15) is 98.1 Å². The number of nitrogens with zero attached hydrogens (tertiary/aromatic N) is 2. The van der Waals surface area contributed by atoms with Crippen LogP contribution in [-0.4, -0.2) is 54.1 Å². The summed E-state index contributed by atoms with van der Waals surface area (Å²) in [5.41, 5.74) is 7.81. The van der Waals surface area contributed by atoms with E-state index in [-0.39, 0.29) is 17.0 Å². The van der Waals surface area contributed by atoms with Gasteiger partial charge in [0.25, 0.3) is 10.1 Å². The Morgan fingerprint density at radius 1 is 0.816 bits per heavy atom. The van der Waals surface area contributed by atoms with Gasteiger partial charge in [-0.2, -0.15) is 8.42 Å². The van der Waals surface area contributed by atoms with Crippen LogP contribution in [0.25, 0.3) is 5.57 Å². The molecule has 0 fully saturated rings. The molecule has 260 valence electrons. The first kappa shape index (κ1) is 32.9. The van der Waals surface area contributed by atoms with Gasteiger partial charge >= 0.3 is 0 Å². The predicted octanol–water partition coefficient (Wildman–Crippen LogP) is 4.62. The zero-order chi connectivity index (χ0) is 33.9. The molecule has 3 aromatic rings. The average Bonchev–Trinajstić information content (AvgIpc) is 3.09. The lowest BCUT2D eigenvalue weighted by Crippen LogP contribution is -2.45. The zero-order valence-electron chi connectivity index (χ0n) is 28.3. The Labute approximate surface area is 289 Å². The van der Waals surface area contributed by atoms with E-state index in [4.69, 9.17) is 4.74 Å². The first-order chi connectivity index (χ1) is 23.7. The van der Waals surface area contributed by atoms with E-state index >= 15 is 0 Å². The fourth-order valence-corrected chi connectivity index (χ4v) is 10.8. The van der Waals surface area contributed by atoms with Crippen molar-refractivity contribution in [3.05, 3.63) is 74.3 Å². The van der Waals surface area contributed by atoms with Crippen molar-refractivity contribution in [2.24, 2.45) is 0 Å². The highest BCUT2D eigenvalue weighted by molar-refractivity contribution is 7.89. The third-order valence-corrected chi connectivity index (χ3v) is 13.4. The first-order valence-electron chi connectivity index (χ1n) is 18.2. The summed E-state index contributed by atoms with van der Waals surface area (Å²) in [5.74, 6) is 1.53. The van der Waals surface area contributed by atoms with Gasteiger partial charge in [-0.05, 0) is 74.8 Å². The van der Waals surface area contributed by atoms with Crippen molar-refractivity contribution < 1.29 is 26.1 Å². The lowest BCUT2D eigenvalue weighted by Gasteiger charge is -2.39. The van der Waals surface area contributed by atoms with Crippen LogP contribution in [0.3, 0.4) is 0 Å². The molecule has 0 amide bonds. The lowest BCUT2D eigenvalue weighted by molar-refractivity contribution is 0.431. The summed E-state index contributed by atoms with van der Waals surface area (Å²) in [7, 11) is -8.86. The summed E-state index contributed by atoms with van der Waals surface area (Å²) in [6.45, 7) is 6.43. The molecule has 3 aromatic carbocycles. The van der Waals surface area contributed by atoms with Crippen LogP contribution in [-0.2, 0) is 45.8 Å². The van der Waals surface area contributed by atoms with Gasteiger partial charge in [-0.15, -0.1) is 0 Å². The summed E-state index contributed by atoms with van der Waals surface area (Å²) in [4.78, 5) is 1.88. The molecule has 0 saturated carbocycles. The maximum atomic E-state index is 13.4. The monoisotopic (exact) mass is 704 g/mol. The Morgan fingerprint density at radius 3 is 2.35 bits per heavy atom.